The number of benzene rings is 2. The number of aliphatic carboxylic acids is 1. The Morgan fingerprint density at radius 1 is 0.828 bits per heavy atom. The molecule has 2 aliphatic rings. The van der Waals surface area contributed by atoms with E-state index in [0.29, 0.717) is 12.0 Å². The SMILES string of the molecule is CCCCCCCCCCCCCCCC(=O)N1C[C@H](O)C[C@@H]1C(=O)N[C@H](C)C(=O)NCC(=O)N(C)[C@@H]1C(=O)N[C@@H](C)C(=O)N[C@H](C(=O)O)Cc2ccc(O)c(c2)-c2cc1ccc2O. The molecule has 8 N–H and O–H groups in total. The number of carbonyl (C=O) groups excluding carboxylic acids is 6. The van der Waals surface area contributed by atoms with E-state index in [2.05, 4.69) is 28.2 Å². The smallest absolute Gasteiger partial charge is 0.326 e. The highest BCUT2D eigenvalue weighted by Gasteiger charge is 2.39. The molecule has 4 rings (SSSR count). The van der Waals surface area contributed by atoms with Crippen LogP contribution in [0.15, 0.2) is 36.4 Å². The summed E-state index contributed by atoms with van der Waals surface area (Å²) in [6, 6.07) is 2.02. The lowest BCUT2D eigenvalue weighted by molar-refractivity contribution is -0.143. The lowest BCUT2D eigenvalue weighted by Gasteiger charge is -2.30. The second kappa shape index (κ2) is 25.0. The third-order valence-corrected chi connectivity index (χ3v) is 12.1. The lowest BCUT2D eigenvalue weighted by atomic mass is 9.94. The highest BCUT2D eigenvalue weighted by atomic mass is 16.4. The number of hydrogen-bond acceptors (Lipinski definition) is 10. The molecule has 2 aromatic rings. The van der Waals surface area contributed by atoms with E-state index in [1.807, 2.05) is 0 Å². The average molecular weight is 893 g/mol. The van der Waals surface area contributed by atoms with Crippen LogP contribution < -0.4 is 21.3 Å². The second-order valence-electron chi connectivity index (χ2n) is 17.3. The molecule has 0 saturated carbocycles. The number of aromatic hydroxyl groups is 2. The van der Waals surface area contributed by atoms with E-state index in [1.54, 1.807) is 0 Å². The number of rotatable bonds is 21. The number of phenolic OH excluding ortho intramolecular Hbond substituents is 2. The fraction of sp³-hybridized carbons (Fsp3) is 0.596. The number of β-amino-alcohol motifs (C(OH)–C–C–N with tert-alkyl or cyclic N) is 1. The molecule has 0 unspecified atom stereocenters. The number of hydrogen-bond donors (Lipinski definition) is 8. The molecule has 0 aliphatic carbocycles. The number of nitrogens with zero attached hydrogens (tertiary/aromatic N) is 2. The fourth-order valence-electron chi connectivity index (χ4n) is 8.24. The van der Waals surface area contributed by atoms with Crippen LogP contribution in [0.3, 0.4) is 0 Å². The van der Waals surface area contributed by atoms with E-state index in [1.165, 1.54) is 120 Å². The molecule has 1 saturated heterocycles. The van der Waals surface area contributed by atoms with E-state index in [4.69, 9.17) is 0 Å². The van der Waals surface area contributed by atoms with Crippen LogP contribution in [0.5, 0.6) is 11.5 Å². The normalized spacial score (nSPS) is 20.3. The number of aliphatic hydroxyl groups excluding tert-OH is 1. The number of carboxylic acids is 1. The minimum atomic E-state index is -1.46. The van der Waals surface area contributed by atoms with Gasteiger partial charge >= 0.3 is 5.97 Å². The van der Waals surface area contributed by atoms with Gasteiger partial charge in [-0.3, -0.25) is 28.8 Å². The molecule has 352 valence electrons. The predicted octanol–water partition coefficient (Wildman–Crippen LogP) is 3.96. The fourth-order valence-corrected chi connectivity index (χ4v) is 8.24. The molecular formula is C47H68N6O11. The lowest BCUT2D eigenvalue weighted by Crippen LogP contribution is -2.54. The number of carboxylic acid groups (broad SMARTS) is 1. The first-order valence-electron chi connectivity index (χ1n) is 22.8. The monoisotopic (exact) mass is 892 g/mol. The van der Waals surface area contributed by atoms with Gasteiger partial charge in [0.15, 0.2) is 0 Å². The van der Waals surface area contributed by atoms with Crippen molar-refractivity contribution in [3.63, 3.8) is 0 Å². The second-order valence-corrected chi connectivity index (χ2v) is 17.3. The van der Waals surface area contributed by atoms with Crippen LogP contribution in [-0.4, -0.2) is 122 Å². The quantitative estimate of drug-likeness (QED) is 0.0833. The highest BCUT2D eigenvalue weighted by molar-refractivity contribution is 5.96. The van der Waals surface area contributed by atoms with Crippen LogP contribution in [-0.2, 0) is 40.0 Å². The summed E-state index contributed by atoms with van der Waals surface area (Å²) in [6.45, 7) is 4.35. The zero-order valence-electron chi connectivity index (χ0n) is 37.7. The standard InChI is InChI=1S/C47H68N6O11/c1-5-6-7-8-9-10-11-12-13-14-15-16-17-18-40(57)53-28-33(54)26-37(53)45(61)49-29(2)43(59)48-27-41(58)52(4)42-32-20-22-39(56)35(25-32)34-23-31(19-21-38(34)55)24-36(47(63)64)51-44(60)30(3)50-46(42)62/h19-23,25,29-30,33,36-37,42,54-56H,5-18,24,26-28H2,1-4H3,(H,48,59)(H,49,61)(H,50,62)(H,51,60)(H,63,64)/t29-,30+,33-,36+,37-,42+/m1/s1. The molecule has 64 heavy (non-hydrogen) atoms. The molecule has 0 spiro atoms. The van der Waals surface area contributed by atoms with Gasteiger partial charge in [-0.2, -0.15) is 0 Å². The van der Waals surface area contributed by atoms with Crippen LogP contribution in [0.1, 0.15) is 134 Å². The summed E-state index contributed by atoms with van der Waals surface area (Å²) in [7, 11) is 1.29. The van der Waals surface area contributed by atoms with Crippen molar-refractivity contribution in [2.24, 2.45) is 0 Å². The van der Waals surface area contributed by atoms with E-state index < -0.39 is 78.4 Å². The zero-order valence-corrected chi connectivity index (χ0v) is 37.7. The van der Waals surface area contributed by atoms with Gasteiger partial charge < -0.3 is 51.5 Å². The molecule has 2 aromatic carbocycles. The molecule has 2 heterocycles. The number of nitrogens with one attached hydrogen (secondary N) is 4. The Kier molecular flexibility index (Phi) is 19.9. The van der Waals surface area contributed by atoms with Crippen molar-refractivity contribution in [3.05, 3.63) is 47.5 Å². The van der Waals surface area contributed by atoms with E-state index in [9.17, 15) is 54.0 Å². The first kappa shape index (κ1) is 50.9. The Balaban J connectivity index is 1.34. The summed E-state index contributed by atoms with van der Waals surface area (Å²) in [5, 5.41) is 51.9. The first-order valence-corrected chi connectivity index (χ1v) is 22.8. The van der Waals surface area contributed by atoms with E-state index >= 15 is 0 Å². The van der Waals surface area contributed by atoms with Crippen molar-refractivity contribution in [2.75, 3.05) is 20.1 Å². The zero-order chi connectivity index (χ0) is 46.9. The van der Waals surface area contributed by atoms with Gasteiger partial charge in [0.2, 0.25) is 35.4 Å². The van der Waals surface area contributed by atoms with Gasteiger partial charge in [-0.1, -0.05) is 96.1 Å². The molecule has 2 aliphatic heterocycles. The Bertz CT molecular complexity index is 1960. The minimum absolute atomic E-state index is 0.00784. The Hall–Kier alpha value is -5.71. The number of fused-ring (bicyclic) bond motifs is 5. The van der Waals surface area contributed by atoms with Gasteiger partial charge in [-0.25, -0.2) is 4.79 Å². The maximum Gasteiger partial charge on any atom is 0.326 e. The first-order chi connectivity index (χ1) is 30.5. The summed E-state index contributed by atoms with van der Waals surface area (Å²) in [4.78, 5) is 94.9. The van der Waals surface area contributed by atoms with Gasteiger partial charge in [0, 0.05) is 44.0 Å². The molecule has 17 nitrogen and oxygen atoms in total. The van der Waals surface area contributed by atoms with E-state index in [0.717, 1.165) is 24.2 Å². The van der Waals surface area contributed by atoms with Crippen LogP contribution in [0.4, 0.5) is 0 Å². The molecule has 6 atom stereocenters. The molecule has 0 radical (unpaired) electrons. The Morgan fingerprint density at radius 3 is 2.02 bits per heavy atom. The largest absolute Gasteiger partial charge is 0.507 e. The summed E-state index contributed by atoms with van der Waals surface area (Å²) in [5.74, 6) is -5.93. The average Bonchev–Trinajstić information content (AvgIpc) is 3.66. The summed E-state index contributed by atoms with van der Waals surface area (Å²) < 4.78 is 0. The van der Waals surface area contributed by atoms with Crippen molar-refractivity contribution in [1.29, 1.82) is 0 Å². The third kappa shape index (κ3) is 14.7. The number of likely N-dealkylation sites (N-methyl/N-ethyl adjacent to an activating group) is 1. The van der Waals surface area contributed by atoms with Crippen molar-refractivity contribution in [2.45, 2.75) is 160 Å². The number of unbranched alkanes of at least 4 members (excludes halogenated alkanes) is 12. The number of amides is 6. The van der Waals surface area contributed by atoms with E-state index in [-0.39, 0.29) is 59.9 Å². The summed E-state index contributed by atoms with van der Waals surface area (Å²) >= 11 is 0. The van der Waals surface area contributed by atoms with Gasteiger partial charge in [0.25, 0.3) is 0 Å². The van der Waals surface area contributed by atoms with Crippen molar-refractivity contribution >= 4 is 41.4 Å². The highest BCUT2D eigenvalue weighted by Crippen LogP contribution is 2.38. The number of phenols is 2. The summed E-state index contributed by atoms with van der Waals surface area (Å²) in [5.41, 5.74) is 0.751. The number of aliphatic hydroxyl groups is 1. The Labute approximate surface area is 375 Å². The minimum Gasteiger partial charge on any atom is -0.507 e. The van der Waals surface area contributed by atoms with Crippen LogP contribution in [0.2, 0.25) is 0 Å². The number of carbonyl (C=O) groups is 7. The van der Waals surface area contributed by atoms with Crippen LogP contribution >= 0.6 is 0 Å². The van der Waals surface area contributed by atoms with Crippen LogP contribution in [0.25, 0.3) is 11.1 Å². The van der Waals surface area contributed by atoms with Gasteiger partial charge in [0.1, 0.15) is 41.7 Å². The molecule has 0 aromatic heterocycles. The summed E-state index contributed by atoms with van der Waals surface area (Å²) in [6.07, 6.45) is 14.4. The third-order valence-electron chi connectivity index (χ3n) is 12.1. The van der Waals surface area contributed by atoms with Crippen LogP contribution in [0, 0.1) is 0 Å². The van der Waals surface area contributed by atoms with Crippen molar-refractivity contribution < 1.29 is 54.0 Å². The predicted molar refractivity (Wildman–Crippen MR) is 239 cm³/mol. The molecule has 17 heteroatoms. The number of likely N-dealkylation sites (tertiary alicyclic amines) is 1. The topological polar surface area (TPSA) is 255 Å². The van der Waals surface area contributed by atoms with Crippen molar-refractivity contribution in [1.82, 2.24) is 31.1 Å². The Morgan fingerprint density at radius 2 is 1.41 bits per heavy atom. The molecule has 1 fully saturated rings. The van der Waals surface area contributed by atoms with Gasteiger partial charge in [-0.15, -0.1) is 0 Å². The van der Waals surface area contributed by atoms with Gasteiger partial charge in [-0.05, 0) is 55.7 Å². The molecule has 6 amide bonds. The van der Waals surface area contributed by atoms with Gasteiger partial charge in [0.05, 0.1) is 12.6 Å². The molecular weight excluding hydrogens is 825 g/mol. The van der Waals surface area contributed by atoms with Crippen molar-refractivity contribution in [3.8, 4) is 22.6 Å². The molecule has 4 bridgehead atoms. The maximum absolute atomic E-state index is 13.9. The maximum atomic E-state index is 13.9.